The molecular weight excluding hydrogens is 328 g/mol. The van der Waals surface area contributed by atoms with Gasteiger partial charge in [0.05, 0.1) is 10.7 Å². The van der Waals surface area contributed by atoms with Crippen LogP contribution in [0.5, 0.6) is 0 Å². The number of nitrogens with one attached hydrogen (secondary N) is 1. The first-order valence-corrected chi connectivity index (χ1v) is 8.47. The summed E-state index contributed by atoms with van der Waals surface area (Å²) < 4.78 is 22.8. The number of hydrogen-bond donors (Lipinski definition) is 2. The zero-order chi connectivity index (χ0) is 17.6. The largest absolute Gasteiger partial charge is 0.480 e. The molecule has 1 amide bonds. The van der Waals surface area contributed by atoms with Crippen LogP contribution in [0.2, 0.25) is 0 Å². The first-order valence-electron chi connectivity index (χ1n) is 6.65. The summed E-state index contributed by atoms with van der Waals surface area (Å²) in [6.45, 7) is 1.45. The summed E-state index contributed by atoms with van der Waals surface area (Å²) in [5.74, 6) is -2.58. The Morgan fingerprint density at radius 1 is 1.30 bits per heavy atom. The Bertz CT molecular complexity index is 698. The fraction of sp³-hybridized carbons (Fsp3) is 0.385. The summed E-state index contributed by atoms with van der Waals surface area (Å²) in [4.78, 5) is 33.0. The molecule has 2 N–H and O–H groups in total. The molecule has 0 saturated heterocycles. The highest BCUT2D eigenvalue weighted by Gasteiger charge is 2.23. The molecule has 1 aromatic carbocycles. The Morgan fingerprint density at radius 3 is 2.30 bits per heavy atom. The van der Waals surface area contributed by atoms with Gasteiger partial charge in [-0.1, -0.05) is 6.92 Å². The van der Waals surface area contributed by atoms with Crippen LogP contribution in [0.25, 0.3) is 0 Å². The van der Waals surface area contributed by atoms with E-state index in [0.717, 1.165) is 12.1 Å². The molecular formula is C13H16N2O7S. The number of rotatable bonds is 8. The van der Waals surface area contributed by atoms with Gasteiger partial charge in [0.25, 0.3) is 11.6 Å². The number of carboxylic acids is 1. The van der Waals surface area contributed by atoms with Crippen molar-refractivity contribution in [2.45, 2.75) is 19.4 Å². The monoisotopic (exact) mass is 344 g/mol. The van der Waals surface area contributed by atoms with Crippen LogP contribution in [-0.4, -0.2) is 47.9 Å². The first-order chi connectivity index (χ1) is 10.7. The maximum atomic E-state index is 11.9. The second kappa shape index (κ2) is 7.68. The Morgan fingerprint density at radius 2 is 1.87 bits per heavy atom. The minimum atomic E-state index is -3.35. The van der Waals surface area contributed by atoms with Crippen LogP contribution in [0.3, 0.4) is 0 Å². The van der Waals surface area contributed by atoms with E-state index in [1.807, 2.05) is 0 Å². The van der Waals surface area contributed by atoms with Gasteiger partial charge >= 0.3 is 5.97 Å². The number of carbonyl (C=O) groups is 2. The zero-order valence-corrected chi connectivity index (χ0v) is 13.1. The van der Waals surface area contributed by atoms with E-state index < -0.39 is 32.7 Å². The predicted octanol–water partition coefficient (Wildman–Crippen LogP) is 0.603. The van der Waals surface area contributed by atoms with E-state index in [9.17, 15) is 28.1 Å². The van der Waals surface area contributed by atoms with Crippen LogP contribution in [0.1, 0.15) is 23.7 Å². The zero-order valence-electron chi connectivity index (χ0n) is 12.3. The molecule has 0 aliphatic heterocycles. The van der Waals surface area contributed by atoms with Crippen LogP contribution in [0.4, 0.5) is 5.69 Å². The molecule has 1 aromatic rings. The second-order valence-electron chi connectivity index (χ2n) is 4.69. The number of carboxylic acid groups (broad SMARTS) is 1. The van der Waals surface area contributed by atoms with Gasteiger partial charge in [-0.3, -0.25) is 14.9 Å². The average molecular weight is 344 g/mol. The summed E-state index contributed by atoms with van der Waals surface area (Å²) in [7, 11) is -3.35. The van der Waals surface area contributed by atoms with E-state index in [1.165, 1.54) is 19.1 Å². The molecule has 1 atom stereocenters. The number of benzene rings is 1. The molecule has 126 valence electrons. The van der Waals surface area contributed by atoms with Gasteiger partial charge in [-0.15, -0.1) is 0 Å². The van der Waals surface area contributed by atoms with Crippen molar-refractivity contribution in [3.8, 4) is 0 Å². The van der Waals surface area contributed by atoms with Crippen LogP contribution in [0, 0.1) is 10.1 Å². The maximum Gasteiger partial charge on any atom is 0.326 e. The number of nitro groups is 1. The van der Waals surface area contributed by atoms with Crippen LogP contribution < -0.4 is 5.32 Å². The molecule has 0 aromatic heterocycles. The third-order valence-corrected chi connectivity index (χ3v) is 4.84. The first kappa shape index (κ1) is 18.6. The third-order valence-electron chi connectivity index (χ3n) is 3.10. The van der Waals surface area contributed by atoms with Gasteiger partial charge in [0.1, 0.15) is 15.9 Å². The molecule has 23 heavy (non-hydrogen) atoms. The minimum Gasteiger partial charge on any atom is -0.480 e. The normalized spacial score (nSPS) is 12.4. The van der Waals surface area contributed by atoms with Crippen molar-refractivity contribution in [3.63, 3.8) is 0 Å². The van der Waals surface area contributed by atoms with Crippen molar-refractivity contribution < 1.29 is 28.0 Å². The van der Waals surface area contributed by atoms with E-state index in [0.29, 0.717) is 0 Å². The lowest BCUT2D eigenvalue weighted by Gasteiger charge is -2.14. The van der Waals surface area contributed by atoms with Crippen molar-refractivity contribution in [1.29, 1.82) is 0 Å². The molecule has 0 radical (unpaired) electrons. The topological polar surface area (TPSA) is 144 Å². The number of hydrogen-bond acceptors (Lipinski definition) is 6. The van der Waals surface area contributed by atoms with Gasteiger partial charge in [-0.2, -0.15) is 0 Å². The van der Waals surface area contributed by atoms with Gasteiger partial charge in [0, 0.05) is 23.4 Å². The number of amides is 1. The molecule has 1 rings (SSSR count). The van der Waals surface area contributed by atoms with E-state index in [4.69, 9.17) is 5.11 Å². The van der Waals surface area contributed by atoms with Gasteiger partial charge in [-0.05, 0) is 18.6 Å². The smallest absolute Gasteiger partial charge is 0.326 e. The lowest BCUT2D eigenvalue weighted by molar-refractivity contribution is -0.384. The van der Waals surface area contributed by atoms with Crippen molar-refractivity contribution in [2.75, 3.05) is 11.5 Å². The van der Waals surface area contributed by atoms with Crippen molar-refractivity contribution in [1.82, 2.24) is 5.32 Å². The molecule has 0 saturated carbocycles. The van der Waals surface area contributed by atoms with Crippen molar-refractivity contribution in [3.05, 3.63) is 39.9 Å². The van der Waals surface area contributed by atoms with E-state index in [2.05, 4.69) is 5.32 Å². The summed E-state index contributed by atoms with van der Waals surface area (Å²) in [5, 5.41) is 21.8. The van der Waals surface area contributed by atoms with Gasteiger partial charge < -0.3 is 10.4 Å². The van der Waals surface area contributed by atoms with Gasteiger partial charge in [-0.25, -0.2) is 13.2 Å². The fourth-order valence-corrected chi connectivity index (χ4v) is 2.56. The summed E-state index contributed by atoms with van der Waals surface area (Å²) in [5.41, 5.74) is -0.162. The van der Waals surface area contributed by atoms with E-state index in [-0.39, 0.29) is 29.2 Å². The number of nitrogens with zero attached hydrogens (tertiary/aromatic N) is 1. The minimum absolute atomic E-state index is 0.0419. The number of carbonyl (C=O) groups excluding carboxylic acids is 1. The van der Waals surface area contributed by atoms with Crippen molar-refractivity contribution >= 4 is 27.4 Å². The molecule has 9 nitrogen and oxygen atoms in total. The second-order valence-corrected chi connectivity index (χ2v) is 7.17. The molecule has 0 aliphatic rings. The Hall–Kier alpha value is -2.49. The van der Waals surface area contributed by atoms with E-state index in [1.54, 1.807) is 0 Å². The van der Waals surface area contributed by atoms with E-state index >= 15 is 0 Å². The fourth-order valence-electron chi connectivity index (χ4n) is 1.68. The summed E-state index contributed by atoms with van der Waals surface area (Å²) in [6.07, 6.45) is -0.260. The quantitative estimate of drug-likeness (QED) is 0.519. The lowest BCUT2D eigenvalue weighted by Crippen LogP contribution is -2.42. The molecule has 10 heteroatoms. The number of sulfone groups is 1. The van der Waals surface area contributed by atoms with Crippen LogP contribution in [0.15, 0.2) is 24.3 Å². The number of non-ortho nitro benzene ring substituents is 1. The van der Waals surface area contributed by atoms with Crippen molar-refractivity contribution in [2.24, 2.45) is 0 Å². The van der Waals surface area contributed by atoms with Crippen LogP contribution >= 0.6 is 0 Å². The van der Waals surface area contributed by atoms with Crippen LogP contribution in [-0.2, 0) is 14.6 Å². The van der Waals surface area contributed by atoms with Gasteiger partial charge in [0.15, 0.2) is 0 Å². The highest BCUT2D eigenvalue weighted by molar-refractivity contribution is 7.91. The average Bonchev–Trinajstić information content (AvgIpc) is 2.51. The highest BCUT2D eigenvalue weighted by atomic mass is 32.2. The molecule has 0 heterocycles. The molecule has 0 aliphatic carbocycles. The molecule has 0 fully saturated rings. The summed E-state index contributed by atoms with van der Waals surface area (Å²) >= 11 is 0. The standard InChI is InChI=1S/C13H16N2O7S/c1-2-23(21,22)8-7-11(13(17)18)14-12(16)9-3-5-10(6-4-9)15(19)20/h3-6,11H,2,7-8H2,1H3,(H,14,16)(H,17,18). The SMILES string of the molecule is CCS(=O)(=O)CCC(NC(=O)c1ccc([N+](=O)[O-])cc1)C(=O)O. The predicted molar refractivity (Wildman–Crippen MR) is 80.9 cm³/mol. The summed E-state index contributed by atoms with van der Waals surface area (Å²) in [6, 6.07) is 3.25. The van der Waals surface area contributed by atoms with Gasteiger partial charge in [0.2, 0.25) is 0 Å². The number of aliphatic carboxylic acids is 1. The Kier molecular flexibility index (Phi) is 6.19. The molecule has 0 bridgehead atoms. The highest BCUT2D eigenvalue weighted by Crippen LogP contribution is 2.12. The number of nitro benzene ring substituents is 1. The Labute approximate surface area is 132 Å². The maximum absolute atomic E-state index is 11.9. The lowest BCUT2D eigenvalue weighted by atomic mass is 10.1. The molecule has 1 unspecified atom stereocenters. The Balaban J connectivity index is 2.78. The molecule has 0 spiro atoms. The third kappa shape index (κ3) is 5.66.